The number of ether oxygens (including phenoxy) is 2. The molecule has 0 bridgehead atoms. The van der Waals surface area contributed by atoms with Gasteiger partial charge >= 0.3 is 0 Å². The molecule has 1 saturated heterocycles. The van der Waals surface area contributed by atoms with Crippen molar-refractivity contribution in [1.82, 2.24) is 0 Å². The van der Waals surface area contributed by atoms with Crippen LogP contribution >= 0.6 is 47.2 Å². The van der Waals surface area contributed by atoms with Crippen molar-refractivity contribution in [3.8, 4) is 11.5 Å². The van der Waals surface area contributed by atoms with E-state index in [9.17, 15) is 4.79 Å². The van der Waals surface area contributed by atoms with Crippen molar-refractivity contribution in [3.05, 3.63) is 105 Å². The number of thioether (sulfide) groups is 1. The molecule has 0 N–H and O–H groups in total. The second-order valence-electron chi connectivity index (χ2n) is 8.19. The number of benzene rings is 4. The van der Waals surface area contributed by atoms with E-state index in [1.807, 2.05) is 79.7 Å². The van der Waals surface area contributed by atoms with Gasteiger partial charge in [-0.05, 0) is 59.8 Å². The van der Waals surface area contributed by atoms with Crippen LogP contribution in [0.5, 0.6) is 11.5 Å². The molecule has 0 spiro atoms. The average Bonchev–Trinajstić information content (AvgIpc) is 3.17. The maximum Gasteiger partial charge on any atom is 0.270 e. The molecule has 0 aromatic heterocycles. The zero-order valence-corrected chi connectivity index (χ0v) is 22.9. The zero-order chi connectivity index (χ0) is 25.9. The molecule has 5 rings (SSSR count). The lowest BCUT2D eigenvalue weighted by Crippen LogP contribution is -2.27. The lowest BCUT2D eigenvalue weighted by molar-refractivity contribution is -0.113. The highest BCUT2D eigenvalue weighted by Gasteiger charge is 2.34. The van der Waals surface area contributed by atoms with Crippen molar-refractivity contribution in [2.75, 3.05) is 11.5 Å². The molecular weight excluding hydrogens is 545 g/mol. The Hall–Kier alpha value is -3.03. The SMILES string of the molecule is CCOc1cc(/C=C2\SC(=S)N(c3cccc4ccccc34)C2=O)ccc1OCc1ccc(Cl)c(Cl)c1. The predicted molar refractivity (Wildman–Crippen MR) is 158 cm³/mol. The van der Waals surface area contributed by atoms with E-state index in [1.54, 1.807) is 17.0 Å². The molecule has 0 unspecified atom stereocenters. The smallest absolute Gasteiger partial charge is 0.270 e. The maximum absolute atomic E-state index is 13.4. The molecule has 0 saturated carbocycles. The fourth-order valence-electron chi connectivity index (χ4n) is 4.02. The number of amides is 1. The standard InChI is InChI=1S/C29H21Cl2NO3S2/c1-2-34-26-15-18(11-13-25(26)35-17-19-10-12-22(30)23(31)14-19)16-27-28(33)32(29(36)37-27)24-9-5-7-20-6-3-4-8-21(20)24/h3-16H,2,17H2,1H3/b27-16-. The fourth-order valence-corrected chi connectivity index (χ4v) is 5.63. The lowest BCUT2D eigenvalue weighted by Gasteiger charge is -2.17. The number of hydrogen-bond donors (Lipinski definition) is 0. The van der Waals surface area contributed by atoms with Crippen LogP contribution in [0, 0.1) is 0 Å². The number of anilines is 1. The second-order valence-corrected chi connectivity index (χ2v) is 10.7. The third-order valence-electron chi connectivity index (χ3n) is 5.74. The van der Waals surface area contributed by atoms with Crippen molar-refractivity contribution in [2.24, 2.45) is 0 Å². The van der Waals surface area contributed by atoms with Gasteiger partial charge in [0, 0.05) is 5.39 Å². The summed E-state index contributed by atoms with van der Waals surface area (Å²) in [7, 11) is 0. The van der Waals surface area contributed by atoms with Crippen LogP contribution < -0.4 is 14.4 Å². The number of fused-ring (bicyclic) bond motifs is 1. The van der Waals surface area contributed by atoms with Gasteiger partial charge in [0.1, 0.15) is 6.61 Å². The summed E-state index contributed by atoms with van der Waals surface area (Å²) in [5, 5.41) is 3.00. The monoisotopic (exact) mass is 565 g/mol. The minimum atomic E-state index is -0.149. The molecule has 0 aliphatic carbocycles. The van der Waals surface area contributed by atoms with Crippen molar-refractivity contribution in [2.45, 2.75) is 13.5 Å². The Kier molecular flexibility index (Phi) is 7.72. The normalized spacial score (nSPS) is 14.6. The summed E-state index contributed by atoms with van der Waals surface area (Å²) in [6.07, 6.45) is 1.83. The molecule has 1 heterocycles. The van der Waals surface area contributed by atoms with Crippen LogP contribution in [0.15, 0.2) is 83.8 Å². The summed E-state index contributed by atoms with van der Waals surface area (Å²) in [5.41, 5.74) is 2.48. The highest BCUT2D eigenvalue weighted by molar-refractivity contribution is 8.27. The molecule has 0 atom stereocenters. The summed E-state index contributed by atoms with van der Waals surface area (Å²) in [6.45, 7) is 2.68. The van der Waals surface area contributed by atoms with Crippen LogP contribution in [0.3, 0.4) is 0 Å². The molecule has 1 aliphatic rings. The molecule has 1 fully saturated rings. The molecule has 37 heavy (non-hydrogen) atoms. The number of carbonyl (C=O) groups excluding carboxylic acids is 1. The van der Waals surface area contributed by atoms with Gasteiger partial charge < -0.3 is 9.47 Å². The Bertz CT molecular complexity index is 1550. The minimum absolute atomic E-state index is 0.149. The third-order valence-corrected chi connectivity index (χ3v) is 7.79. The first-order chi connectivity index (χ1) is 17.9. The van der Waals surface area contributed by atoms with Gasteiger partial charge in [-0.1, -0.05) is 95.7 Å². The largest absolute Gasteiger partial charge is 0.490 e. The molecule has 1 aliphatic heterocycles. The Morgan fingerprint density at radius 1 is 0.919 bits per heavy atom. The van der Waals surface area contributed by atoms with Crippen LogP contribution in [-0.2, 0) is 11.4 Å². The van der Waals surface area contributed by atoms with E-state index >= 15 is 0 Å². The van der Waals surface area contributed by atoms with Crippen LogP contribution in [0.4, 0.5) is 5.69 Å². The summed E-state index contributed by atoms with van der Waals surface area (Å²) < 4.78 is 12.3. The van der Waals surface area contributed by atoms with Crippen LogP contribution in [0.1, 0.15) is 18.1 Å². The fraction of sp³-hybridized carbons (Fsp3) is 0.103. The van der Waals surface area contributed by atoms with Crippen LogP contribution in [-0.4, -0.2) is 16.8 Å². The van der Waals surface area contributed by atoms with Gasteiger partial charge in [0.15, 0.2) is 15.8 Å². The van der Waals surface area contributed by atoms with Gasteiger partial charge in [-0.25, -0.2) is 0 Å². The Labute approximate surface area is 234 Å². The molecule has 8 heteroatoms. The topological polar surface area (TPSA) is 38.8 Å². The predicted octanol–water partition coefficient (Wildman–Crippen LogP) is 8.53. The van der Waals surface area contributed by atoms with Crippen LogP contribution in [0.25, 0.3) is 16.8 Å². The first-order valence-corrected chi connectivity index (χ1v) is 13.5. The number of rotatable bonds is 7. The van der Waals surface area contributed by atoms with Crippen LogP contribution in [0.2, 0.25) is 10.0 Å². The number of thiocarbonyl (C=S) groups is 1. The van der Waals surface area contributed by atoms with Gasteiger partial charge in [0.05, 0.1) is 27.2 Å². The van der Waals surface area contributed by atoms with E-state index in [4.69, 9.17) is 44.9 Å². The highest BCUT2D eigenvalue weighted by atomic mass is 35.5. The first-order valence-electron chi connectivity index (χ1n) is 11.5. The van der Waals surface area contributed by atoms with E-state index < -0.39 is 0 Å². The molecule has 0 radical (unpaired) electrons. The summed E-state index contributed by atoms with van der Waals surface area (Å²) >= 11 is 19.0. The summed E-state index contributed by atoms with van der Waals surface area (Å²) in [4.78, 5) is 15.6. The first kappa shape index (κ1) is 25.6. The summed E-state index contributed by atoms with van der Waals surface area (Å²) in [6, 6.07) is 24.8. The maximum atomic E-state index is 13.4. The van der Waals surface area contributed by atoms with E-state index in [-0.39, 0.29) is 5.91 Å². The van der Waals surface area contributed by atoms with Crippen molar-refractivity contribution in [3.63, 3.8) is 0 Å². The number of carbonyl (C=O) groups is 1. The van der Waals surface area contributed by atoms with Gasteiger partial charge in [0.2, 0.25) is 0 Å². The minimum Gasteiger partial charge on any atom is -0.490 e. The van der Waals surface area contributed by atoms with Crippen molar-refractivity contribution < 1.29 is 14.3 Å². The van der Waals surface area contributed by atoms with Gasteiger partial charge in [-0.3, -0.25) is 9.69 Å². The molecule has 4 aromatic rings. The molecule has 4 nitrogen and oxygen atoms in total. The molecule has 186 valence electrons. The van der Waals surface area contributed by atoms with Crippen molar-refractivity contribution in [1.29, 1.82) is 0 Å². The third kappa shape index (κ3) is 5.48. The average molecular weight is 567 g/mol. The number of nitrogens with zero attached hydrogens (tertiary/aromatic N) is 1. The molecular formula is C29H21Cl2NO3S2. The number of halogens is 2. The Morgan fingerprint density at radius 3 is 2.54 bits per heavy atom. The van der Waals surface area contributed by atoms with Gasteiger partial charge in [-0.15, -0.1) is 0 Å². The zero-order valence-electron chi connectivity index (χ0n) is 19.7. The van der Waals surface area contributed by atoms with E-state index in [1.165, 1.54) is 11.8 Å². The highest BCUT2D eigenvalue weighted by Crippen LogP contribution is 2.39. The van der Waals surface area contributed by atoms with E-state index in [0.717, 1.165) is 27.6 Å². The van der Waals surface area contributed by atoms with E-state index in [2.05, 4.69) is 0 Å². The lowest BCUT2D eigenvalue weighted by atomic mass is 10.1. The van der Waals surface area contributed by atoms with Gasteiger partial charge in [0.25, 0.3) is 5.91 Å². The second kappa shape index (κ2) is 11.2. The Morgan fingerprint density at radius 2 is 1.73 bits per heavy atom. The quantitative estimate of drug-likeness (QED) is 0.166. The molecule has 1 amide bonds. The Balaban J connectivity index is 1.39. The molecule has 4 aromatic carbocycles. The van der Waals surface area contributed by atoms with Crippen molar-refractivity contribution >= 4 is 79.9 Å². The van der Waals surface area contributed by atoms with Gasteiger partial charge in [-0.2, -0.15) is 0 Å². The summed E-state index contributed by atoms with van der Waals surface area (Å²) in [5.74, 6) is 1.03. The van der Waals surface area contributed by atoms with E-state index in [0.29, 0.717) is 44.0 Å². The number of hydrogen-bond acceptors (Lipinski definition) is 5.